The summed E-state index contributed by atoms with van der Waals surface area (Å²) in [5.41, 5.74) is 2.28. The highest BCUT2D eigenvalue weighted by Crippen LogP contribution is 2.28. The molecular weight excluding hydrogens is 225 g/mol. The van der Waals surface area contributed by atoms with Crippen molar-refractivity contribution in [1.82, 2.24) is 5.32 Å². The third-order valence-corrected chi connectivity index (χ3v) is 3.57. The highest BCUT2D eigenvalue weighted by Gasteiger charge is 2.19. The first kappa shape index (κ1) is 15.2. The van der Waals surface area contributed by atoms with Crippen LogP contribution in [0.5, 0.6) is 0 Å². The quantitative estimate of drug-likeness (QED) is 0.746. The summed E-state index contributed by atoms with van der Waals surface area (Å²) in [4.78, 5) is 0. The maximum Gasteiger partial charge on any atom is 0.123 e. The van der Waals surface area contributed by atoms with E-state index >= 15 is 0 Å². The summed E-state index contributed by atoms with van der Waals surface area (Å²) < 4.78 is 13.2. The van der Waals surface area contributed by atoms with Crippen LogP contribution in [0.4, 0.5) is 4.39 Å². The maximum atomic E-state index is 13.2. The number of hydrogen-bond acceptors (Lipinski definition) is 1. The maximum absolute atomic E-state index is 13.2. The van der Waals surface area contributed by atoms with Gasteiger partial charge in [-0.1, -0.05) is 39.7 Å². The van der Waals surface area contributed by atoms with Crippen LogP contribution in [-0.2, 0) is 0 Å². The van der Waals surface area contributed by atoms with E-state index in [2.05, 4.69) is 26.1 Å². The van der Waals surface area contributed by atoms with E-state index in [0.29, 0.717) is 12.0 Å². The Balaban J connectivity index is 2.88. The van der Waals surface area contributed by atoms with Crippen molar-refractivity contribution in [2.75, 3.05) is 6.54 Å². The van der Waals surface area contributed by atoms with E-state index in [9.17, 15) is 4.39 Å². The van der Waals surface area contributed by atoms with Crippen molar-refractivity contribution in [3.63, 3.8) is 0 Å². The molecule has 0 radical (unpaired) electrons. The Morgan fingerprint density at radius 1 is 1.28 bits per heavy atom. The Labute approximate surface area is 111 Å². The molecule has 18 heavy (non-hydrogen) atoms. The van der Waals surface area contributed by atoms with Crippen LogP contribution in [0.15, 0.2) is 18.2 Å². The van der Waals surface area contributed by atoms with E-state index < -0.39 is 0 Å². The van der Waals surface area contributed by atoms with Crippen molar-refractivity contribution in [3.05, 3.63) is 35.1 Å². The zero-order valence-electron chi connectivity index (χ0n) is 12.1. The standard InChI is InChI=1S/C16H26FN/c1-5-7-8-12(3)16(18-6-2)15-10-9-14(17)11-13(15)4/h9-12,16,18H,5-8H2,1-4H3. The van der Waals surface area contributed by atoms with E-state index in [-0.39, 0.29) is 5.82 Å². The van der Waals surface area contributed by atoms with Gasteiger partial charge >= 0.3 is 0 Å². The van der Waals surface area contributed by atoms with Crippen LogP contribution >= 0.6 is 0 Å². The van der Waals surface area contributed by atoms with Crippen LogP contribution in [0, 0.1) is 18.7 Å². The summed E-state index contributed by atoms with van der Waals surface area (Å²) in [5.74, 6) is 0.432. The summed E-state index contributed by atoms with van der Waals surface area (Å²) in [6.45, 7) is 9.57. The number of nitrogens with one attached hydrogen (secondary N) is 1. The minimum Gasteiger partial charge on any atom is -0.310 e. The summed E-state index contributed by atoms with van der Waals surface area (Å²) in [7, 11) is 0. The van der Waals surface area contributed by atoms with Crippen LogP contribution in [0.3, 0.4) is 0 Å². The summed E-state index contributed by atoms with van der Waals surface area (Å²) in [6.07, 6.45) is 3.69. The first-order valence-electron chi connectivity index (χ1n) is 7.09. The fourth-order valence-electron chi connectivity index (χ4n) is 2.52. The van der Waals surface area contributed by atoms with E-state index in [1.54, 1.807) is 12.1 Å². The Kier molecular flexibility index (Phi) is 6.34. The van der Waals surface area contributed by atoms with Crippen LogP contribution in [0.2, 0.25) is 0 Å². The van der Waals surface area contributed by atoms with Crippen LogP contribution < -0.4 is 5.32 Å². The minimum absolute atomic E-state index is 0.146. The molecule has 1 aromatic carbocycles. The van der Waals surface area contributed by atoms with Gasteiger partial charge in [-0.05, 0) is 49.1 Å². The molecule has 1 nitrogen and oxygen atoms in total. The Morgan fingerprint density at radius 3 is 2.56 bits per heavy atom. The molecule has 0 aliphatic rings. The van der Waals surface area contributed by atoms with Crippen molar-refractivity contribution >= 4 is 0 Å². The molecule has 0 aromatic heterocycles. The molecule has 0 aliphatic carbocycles. The van der Waals surface area contributed by atoms with Gasteiger partial charge in [0, 0.05) is 6.04 Å². The largest absolute Gasteiger partial charge is 0.310 e. The first-order chi connectivity index (χ1) is 8.60. The lowest BCUT2D eigenvalue weighted by molar-refractivity contribution is 0.361. The molecule has 1 aromatic rings. The van der Waals surface area contributed by atoms with Gasteiger partial charge in [-0.25, -0.2) is 4.39 Å². The van der Waals surface area contributed by atoms with Gasteiger partial charge < -0.3 is 5.32 Å². The van der Waals surface area contributed by atoms with E-state index in [1.807, 2.05) is 13.0 Å². The second-order valence-corrected chi connectivity index (χ2v) is 5.16. The molecule has 0 saturated carbocycles. The summed E-state index contributed by atoms with van der Waals surface area (Å²) in [5, 5.41) is 3.55. The SMILES string of the molecule is CCCCC(C)C(NCC)c1ccc(F)cc1C. The number of rotatable bonds is 7. The smallest absolute Gasteiger partial charge is 0.123 e. The monoisotopic (exact) mass is 251 g/mol. The molecule has 1 N–H and O–H groups in total. The average Bonchev–Trinajstić information content (AvgIpc) is 2.34. The zero-order valence-corrected chi connectivity index (χ0v) is 12.1. The van der Waals surface area contributed by atoms with Crippen LogP contribution in [0.1, 0.15) is 57.2 Å². The lowest BCUT2D eigenvalue weighted by atomic mass is 9.88. The van der Waals surface area contributed by atoms with Gasteiger partial charge in [-0.3, -0.25) is 0 Å². The van der Waals surface area contributed by atoms with Gasteiger partial charge in [0.25, 0.3) is 0 Å². The van der Waals surface area contributed by atoms with Crippen molar-refractivity contribution in [2.24, 2.45) is 5.92 Å². The Morgan fingerprint density at radius 2 is 2.00 bits per heavy atom. The molecule has 0 spiro atoms. The second-order valence-electron chi connectivity index (χ2n) is 5.16. The first-order valence-corrected chi connectivity index (χ1v) is 7.09. The zero-order chi connectivity index (χ0) is 13.5. The van der Waals surface area contributed by atoms with E-state index in [4.69, 9.17) is 0 Å². The predicted octanol–water partition coefficient (Wildman–Crippen LogP) is 4.61. The second kappa shape index (κ2) is 7.52. The fourth-order valence-corrected chi connectivity index (χ4v) is 2.52. The summed E-state index contributed by atoms with van der Waals surface area (Å²) in [6, 6.07) is 5.47. The molecule has 0 amide bonds. The van der Waals surface area contributed by atoms with Crippen LogP contribution in [0.25, 0.3) is 0 Å². The van der Waals surface area contributed by atoms with E-state index in [0.717, 1.165) is 12.1 Å². The normalized spacial score (nSPS) is 14.5. The topological polar surface area (TPSA) is 12.0 Å². The van der Waals surface area contributed by atoms with Gasteiger partial charge in [0.1, 0.15) is 5.82 Å². The Bertz CT molecular complexity index is 362. The molecule has 2 unspecified atom stereocenters. The number of aryl methyl sites for hydroxylation is 1. The molecule has 2 heteroatoms. The van der Waals surface area contributed by atoms with Gasteiger partial charge in [-0.2, -0.15) is 0 Å². The molecule has 0 aliphatic heterocycles. The molecule has 0 heterocycles. The van der Waals surface area contributed by atoms with E-state index in [1.165, 1.54) is 24.8 Å². The number of benzene rings is 1. The summed E-state index contributed by atoms with van der Waals surface area (Å²) >= 11 is 0. The third-order valence-electron chi connectivity index (χ3n) is 3.57. The van der Waals surface area contributed by atoms with Gasteiger partial charge in [-0.15, -0.1) is 0 Å². The highest BCUT2D eigenvalue weighted by molar-refractivity contribution is 5.30. The third kappa shape index (κ3) is 4.09. The predicted molar refractivity (Wildman–Crippen MR) is 76.2 cm³/mol. The highest BCUT2D eigenvalue weighted by atomic mass is 19.1. The number of halogens is 1. The fraction of sp³-hybridized carbons (Fsp3) is 0.625. The van der Waals surface area contributed by atoms with Crippen molar-refractivity contribution in [1.29, 1.82) is 0 Å². The molecule has 0 saturated heterocycles. The lowest BCUT2D eigenvalue weighted by Crippen LogP contribution is -2.27. The number of hydrogen-bond donors (Lipinski definition) is 1. The molecule has 2 atom stereocenters. The minimum atomic E-state index is -0.146. The molecular formula is C16H26FN. The van der Waals surface area contributed by atoms with Gasteiger partial charge in [0.05, 0.1) is 0 Å². The molecule has 0 bridgehead atoms. The lowest BCUT2D eigenvalue weighted by Gasteiger charge is -2.26. The molecule has 1 rings (SSSR count). The van der Waals surface area contributed by atoms with Gasteiger partial charge in [0.15, 0.2) is 0 Å². The van der Waals surface area contributed by atoms with Gasteiger partial charge in [0.2, 0.25) is 0 Å². The average molecular weight is 251 g/mol. The Hall–Kier alpha value is -0.890. The van der Waals surface area contributed by atoms with Crippen molar-refractivity contribution in [3.8, 4) is 0 Å². The van der Waals surface area contributed by atoms with Crippen molar-refractivity contribution in [2.45, 2.75) is 53.0 Å². The van der Waals surface area contributed by atoms with Crippen molar-refractivity contribution < 1.29 is 4.39 Å². The number of unbranched alkanes of at least 4 members (excludes halogenated alkanes) is 1. The molecule has 0 fully saturated rings. The van der Waals surface area contributed by atoms with Crippen LogP contribution in [-0.4, -0.2) is 6.54 Å². The molecule has 102 valence electrons.